The summed E-state index contributed by atoms with van der Waals surface area (Å²) < 4.78 is 5.33. The summed E-state index contributed by atoms with van der Waals surface area (Å²) in [4.78, 5) is 0. The fourth-order valence-electron chi connectivity index (χ4n) is 0.824. The van der Waals surface area contributed by atoms with Crippen molar-refractivity contribution < 1.29 is 4.74 Å². The van der Waals surface area contributed by atoms with E-state index in [1.807, 2.05) is 0 Å². The molecule has 0 heterocycles. The van der Waals surface area contributed by atoms with Gasteiger partial charge in [0.1, 0.15) is 0 Å². The van der Waals surface area contributed by atoms with Crippen LogP contribution >= 0.6 is 0 Å². The Morgan fingerprint density at radius 3 is 2.15 bits per heavy atom. The fourth-order valence-corrected chi connectivity index (χ4v) is 0.824. The highest BCUT2D eigenvalue weighted by molar-refractivity contribution is 5.89. The minimum absolute atomic E-state index is 0.196. The van der Waals surface area contributed by atoms with E-state index in [0.29, 0.717) is 12.2 Å². The first-order valence-electron chi connectivity index (χ1n) is 4.82. The van der Waals surface area contributed by atoms with Crippen molar-refractivity contribution in [3.05, 3.63) is 12.2 Å². The van der Waals surface area contributed by atoms with Crippen molar-refractivity contribution in [3.8, 4) is 0 Å². The highest BCUT2D eigenvalue weighted by atomic mass is 16.5. The lowest BCUT2D eigenvalue weighted by molar-refractivity contribution is 0.142. The van der Waals surface area contributed by atoms with Gasteiger partial charge in [0.2, 0.25) is 5.90 Å². The van der Waals surface area contributed by atoms with Crippen LogP contribution in [-0.4, -0.2) is 12.5 Å². The van der Waals surface area contributed by atoms with E-state index in [9.17, 15) is 0 Å². The van der Waals surface area contributed by atoms with E-state index in [2.05, 4.69) is 27.4 Å². The molecule has 0 aliphatic rings. The Balaban J connectivity index is 4.00. The standard InChI is InChI=1S/C11H21NO/c1-6-11(5,7-2)8-13-10(12)9(3)4/h12H,3,6-8H2,1-2,4-5H3. The summed E-state index contributed by atoms with van der Waals surface area (Å²) >= 11 is 0. The van der Waals surface area contributed by atoms with Gasteiger partial charge >= 0.3 is 0 Å². The first-order valence-corrected chi connectivity index (χ1v) is 4.82. The molecule has 2 nitrogen and oxygen atoms in total. The van der Waals surface area contributed by atoms with Crippen LogP contribution < -0.4 is 0 Å². The van der Waals surface area contributed by atoms with Crippen molar-refractivity contribution in [2.24, 2.45) is 5.41 Å². The minimum Gasteiger partial charge on any atom is -0.477 e. The smallest absolute Gasteiger partial charge is 0.208 e. The van der Waals surface area contributed by atoms with Crippen molar-refractivity contribution in [2.45, 2.75) is 40.5 Å². The van der Waals surface area contributed by atoms with Crippen LogP contribution in [0.15, 0.2) is 12.2 Å². The molecule has 0 rings (SSSR count). The van der Waals surface area contributed by atoms with Crippen LogP contribution in [0.2, 0.25) is 0 Å². The molecule has 13 heavy (non-hydrogen) atoms. The highest BCUT2D eigenvalue weighted by Gasteiger charge is 2.20. The van der Waals surface area contributed by atoms with E-state index in [-0.39, 0.29) is 11.3 Å². The Kier molecular flexibility index (Phi) is 4.74. The summed E-state index contributed by atoms with van der Waals surface area (Å²) in [6, 6.07) is 0. The van der Waals surface area contributed by atoms with Crippen molar-refractivity contribution in [3.63, 3.8) is 0 Å². The number of nitrogens with one attached hydrogen (secondary N) is 1. The van der Waals surface area contributed by atoms with E-state index in [1.165, 1.54) is 0 Å². The number of ether oxygens (including phenoxy) is 1. The summed E-state index contributed by atoms with van der Waals surface area (Å²) in [6.45, 7) is 12.5. The summed E-state index contributed by atoms with van der Waals surface area (Å²) in [5.41, 5.74) is 0.886. The third-order valence-corrected chi connectivity index (χ3v) is 2.66. The molecule has 0 radical (unpaired) electrons. The van der Waals surface area contributed by atoms with Gasteiger partial charge in [0.15, 0.2) is 0 Å². The number of rotatable bonds is 5. The van der Waals surface area contributed by atoms with Gasteiger partial charge < -0.3 is 4.74 Å². The van der Waals surface area contributed by atoms with Gasteiger partial charge in [-0.15, -0.1) is 0 Å². The van der Waals surface area contributed by atoms with Crippen molar-refractivity contribution >= 4 is 5.90 Å². The summed E-state index contributed by atoms with van der Waals surface area (Å²) in [7, 11) is 0. The second kappa shape index (κ2) is 5.05. The van der Waals surface area contributed by atoms with Gasteiger partial charge in [0.25, 0.3) is 0 Å². The van der Waals surface area contributed by atoms with Crippen LogP contribution in [0.25, 0.3) is 0 Å². The highest BCUT2D eigenvalue weighted by Crippen LogP contribution is 2.25. The second-order valence-corrected chi connectivity index (χ2v) is 3.92. The molecule has 0 amide bonds. The van der Waals surface area contributed by atoms with Gasteiger partial charge in [-0.3, -0.25) is 5.41 Å². The molecule has 0 aromatic rings. The lowest BCUT2D eigenvalue weighted by Crippen LogP contribution is -2.23. The van der Waals surface area contributed by atoms with Crippen molar-refractivity contribution in [1.82, 2.24) is 0 Å². The summed E-state index contributed by atoms with van der Waals surface area (Å²) in [5.74, 6) is 0.216. The number of hydrogen-bond donors (Lipinski definition) is 1. The van der Waals surface area contributed by atoms with E-state index < -0.39 is 0 Å². The lowest BCUT2D eigenvalue weighted by atomic mass is 9.86. The molecule has 0 aliphatic heterocycles. The quantitative estimate of drug-likeness (QED) is 0.514. The molecular formula is C11H21NO. The average Bonchev–Trinajstić information content (AvgIpc) is 2.13. The number of hydrogen-bond acceptors (Lipinski definition) is 2. The Labute approximate surface area is 81.5 Å². The molecule has 76 valence electrons. The predicted molar refractivity (Wildman–Crippen MR) is 57.2 cm³/mol. The molecule has 0 unspecified atom stereocenters. The maximum Gasteiger partial charge on any atom is 0.208 e. The molecule has 0 aromatic heterocycles. The van der Waals surface area contributed by atoms with Crippen molar-refractivity contribution in [2.75, 3.05) is 6.61 Å². The maximum absolute atomic E-state index is 7.45. The van der Waals surface area contributed by atoms with E-state index in [1.54, 1.807) is 6.92 Å². The molecule has 0 saturated carbocycles. The SMILES string of the molecule is C=C(C)C(=N)OCC(C)(CC)CC. The Morgan fingerprint density at radius 1 is 1.38 bits per heavy atom. The van der Waals surface area contributed by atoms with Gasteiger partial charge in [-0.05, 0) is 19.8 Å². The van der Waals surface area contributed by atoms with E-state index in [4.69, 9.17) is 10.1 Å². The van der Waals surface area contributed by atoms with Gasteiger partial charge in [-0.1, -0.05) is 27.4 Å². The van der Waals surface area contributed by atoms with Crippen molar-refractivity contribution in [1.29, 1.82) is 5.41 Å². The van der Waals surface area contributed by atoms with Gasteiger partial charge in [0.05, 0.1) is 6.61 Å². The zero-order valence-electron chi connectivity index (χ0n) is 9.24. The van der Waals surface area contributed by atoms with Crippen LogP contribution in [-0.2, 0) is 4.74 Å². The molecule has 0 saturated heterocycles. The second-order valence-electron chi connectivity index (χ2n) is 3.92. The molecule has 2 heteroatoms. The normalized spacial score (nSPS) is 11.1. The monoisotopic (exact) mass is 183 g/mol. The largest absolute Gasteiger partial charge is 0.477 e. The zero-order valence-corrected chi connectivity index (χ0v) is 9.24. The van der Waals surface area contributed by atoms with Crippen LogP contribution in [0.3, 0.4) is 0 Å². The van der Waals surface area contributed by atoms with Crippen LogP contribution in [0.5, 0.6) is 0 Å². The van der Waals surface area contributed by atoms with Gasteiger partial charge in [-0.25, -0.2) is 0 Å². The zero-order chi connectivity index (χ0) is 10.5. The molecular weight excluding hydrogens is 162 g/mol. The molecule has 0 atom stereocenters. The Morgan fingerprint density at radius 2 is 1.85 bits per heavy atom. The third kappa shape index (κ3) is 4.11. The molecule has 0 bridgehead atoms. The summed E-state index contributed by atoms with van der Waals surface area (Å²) in [5, 5.41) is 7.45. The van der Waals surface area contributed by atoms with Gasteiger partial charge in [-0.2, -0.15) is 0 Å². The molecule has 0 aliphatic carbocycles. The minimum atomic E-state index is 0.196. The summed E-state index contributed by atoms with van der Waals surface area (Å²) in [6.07, 6.45) is 2.15. The first kappa shape index (κ1) is 12.2. The Bertz CT molecular complexity index is 192. The molecule has 0 fully saturated rings. The molecule has 1 N–H and O–H groups in total. The first-order chi connectivity index (χ1) is 5.95. The Hall–Kier alpha value is -0.790. The van der Waals surface area contributed by atoms with Crippen LogP contribution in [0.1, 0.15) is 40.5 Å². The van der Waals surface area contributed by atoms with E-state index >= 15 is 0 Å². The fraction of sp³-hybridized carbons (Fsp3) is 0.727. The van der Waals surface area contributed by atoms with Crippen LogP contribution in [0.4, 0.5) is 0 Å². The average molecular weight is 183 g/mol. The lowest BCUT2D eigenvalue weighted by Gasteiger charge is -2.26. The maximum atomic E-state index is 7.45. The van der Waals surface area contributed by atoms with E-state index in [0.717, 1.165) is 12.8 Å². The molecule has 0 aromatic carbocycles. The van der Waals surface area contributed by atoms with Gasteiger partial charge in [0, 0.05) is 11.0 Å². The third-order valence-electron chi connectivity index (χ3n) is 2.66. The molecule has 0 spiro atoms. The predicted octanol–water partition coefficient (Wildman–Crippen LogP) is 3.38. The van der Waals surface area contributed by atoms with Crippen LogP contribution in [0, 0.1) is 10.8 Å². The topological polar surface area (TPSA) is 33.1 Å².